The number of nitrogens with zero attached hydrogens (tertiary/aromatic N) is 2. The van der Waals surface area contributed by atoms with Gasteiger partial charge in [-0.15, -0.1) is 0 Å². The molecule has 0 amide bonds. The van der Waals surface area contributed by atoms with Gasteiger partial charge in [0, 0.05) is 11.6 Å². The molecule has 0 fully saturated rings. The van der Waals surface area contributed by atoms with Crippen LogP contribution in [0, 0.1) is 32.4 Å². The van der Waals surface area contributed by atoms with Gasteiger partial charge in [0.15, 0.2) is 0 Å². The van der Waals surface area contributed by atoms with E-state index in [9.17, 15) is 10.1 Å². The predicted octanol–water partition coefficient (Wildman–Crippen LogP) is 0.538. The van der Waals surface area contributed by atoms with Crippen molar-refractivity contribution >= 4 is 11.4 Å². The van der Waals surface area contributed by atoms with Gasteiger partial charge in [0.2, 0.25) is 0 Å². The van der Waals surface area contributed by atoms with Crippen LogP contribution in [0.15, 0.2) is 18.2 Å². The number of quaternary nitrogens is 1. The zero-order valence-electron chi connectivity index (χ0n) is 7.87. The van der Waals surface area contributed by atoms with Gasteiger partial charge in [-0.05, 0) is 13.0 Å². The lowest BCUT2D eigenvalue weighted by Crippen LogP contribution is -2.41. The fraction of sp³-hybridized carbons (Fsp3) is 0.143. The summed E-state index contributed by atoms with van der Waals surface area (Å²) in [4.78, 5) is 18.1. The summed E-state index contributed by atoms with van der Waals surface area (Å²) in [7, 11) is 0. The summed E-state index contributed by atoms with van der Waals surface area (Å²) in [5, 5.41) is 25.0. The number of nitro groups is 1. The summed E-state index contributed by atoms with van der Waals surface area (Å²) in [5.41, 5.74) is 5.43. The summed E-state index contributed by atoms with van der Waals surface area (Å²) < 4.78 is 0. The highest BCUT2D eigenvalue weighted by Crippen LogP contribution is 2.16. The Kier molecular flexibility index (Phi) is 4.68. The van der Waals surface area contributed by atoms with Crippen LogP contribution in [-0.2, 0) is 0 Å². The van der Waals surface area contributed by atoms with Gasteiger partial charge >= 0.3 is 0 Å². The quantitative estimate of drug-likeness (QED) is 0.538. The van der Waals surface area contributed by atoms with E-state index in [-0.39, 0.29) is 5.69 Å². The predicted molar refractivity (Wildman–Crippen MR) is 50.7 cm³/mol. The molecule has 82 valence electrons. The minimum absolute atomic E-state index is 0.0978. The highest BCUT2D eigenvalue weighted by atomic mass is 16.9. The van der Waals surface area contributed by atoms with Crippen LogP contribution in [0.2, 0.25) is 0 Å². The third kappa shape index (κ3) is 5.16. The van der Waals surface area contributed by atoms with E-state index in [1.165, 1.54) is 12.1 Å². The average molecular weight is 215 g/mol. The molecular weight excluding hydrogens is 206 g/mol. The average Bonchev–Trinajstić information content (AvgIpc) is 2.08. The summed E-state index contributed by atoms with van der Waals surface area (Å²) in [6, 6.07) is 4.64. The maximum atomic E-state index is 10.2. The van der Waals surface area contributed by atoms with Gasteiger partial charge in [0.1, 0.15) is 5.69 Å². The Morgan fingerprint density at radius 3 is 2.00 bits per heavy atom. The lowest BCUT2D eigenvalue weighted by atomic mass is 10.2. The van der Waals surface area contributed by atoms with E-state index in [1.54, 1.807) is 6.07 Å². The van der Waals surface area contributed by atoms with Crippen LogP contribution in [0.25, 0.3) is 0 Å². The second-order valence-electron chi connectivity index (χ2n) is 2.59. The number of non-ortho nitro benzene ring substituents is 1. The van der Waals surface area contributed by atoms with Gasteiger partial charge in [-0.3, -0.25) is 10.1 Å². The highest BCUT2D eigenvalue weighted by Gasteiger charge is 2.07. The fourth-order valence-electron chi connectivity index (χ4n) is 0.771. The lowest BCUT2D eigenvalue weighted by molar-refractivity contribution is -0.402. The zero-order valence-corrected chi connectivity index (χ0v) is 7.87. The van der Waals surface area contributed by atoms with Crippen molar-refractivity contribution in [1.82, 2.24) is 0 Å². The van der Waals surface area contributed by atoms with Crippen LogP contribution in [-0.4, -0.2) is 10.0 Å². The third-order valence-electron chi connectivity index (χ3n) is 1.54. The molecule has 0 bridgehead atoms. The molecule has 0 radical (unpaired) electrons. The van der Waals surface area contributed by atoms with E-state index < -0.39 is 10.0 Å². The molecule has 1 aromatic rings. The summed E-state index contributed by atoms with van der Waals surface area (Å²) in [6.07, 6.45) is 0. The fourth-order valence-corrected chi connectivity index (χ4v) is 0.771. The summed E-state index contributed by atoms with van der Waals surface area (Å²) in [6.45, 7) is 1.87. The van der Waals surface area contributed by atoms with Gasteiger partial charge in [-0.2, -0.15) is 0 Å². The molecule has 1 rings (SSSR count). The first-order chi connectivity index (χ1) is 6.84. The number of aryl methyl sites for hydroxylation is 1. The van der Waals surface area contributed by atoms with Crippen LogP contribution >= 0.6 is 0 Å². The summed E-state index contributed by atoms with van der Waals surface area (Å²) >= 11 is 0. The molecule has 0 saturated carbocycles. The van der Waals surface area contributed by atoms with Gasteiger partial charge in [-0.1, -0.05) is 0 Å². The highest BCUT2D eigenvalue weighted by molar-refractivity contribution is 5.47. The molecule has 0 unspecified atom stereocenters. The van der Waals surface area contributed by atoms with E-state index in [2.05, 4.69) is 5.73 Å². The van der Waals surface area contributed by atoms with Crippen LogP contribution in [0.4, 0.5) is 11.4 Å². The molecule has 3 N–H and O–H groups in total. The molecule has 0 heterocycles. The molecule has 15 heavy (non-hydrogen) atoms. The molecule has 0 saturated heterocycles. The van der Waals surface area contributed by atoms with E-state index in [4.69, 9.17) is 15.3 Å². The second-order valence-corrected chi connectivity index (χ2v) is 2.59. The smallest absolute Gasteiger partial charge is 0.275 e. The molecule has 8 nitrogen and oxygen atoms in total. The molecule has 0 aromatic heterocycles. The van der Waals surface area contributed by atoms with Gasteiger partial charge in [0.25, 0.3) is 5.69 Å². The SMILES string of the molecule is Cc1ccc([N+](=O)[O-])cc1[NH3+].O=[N+]([O-])[O-]. The number of hydrogen-bond donors (Lipinski definition) is 1. The molecular formula is C7H9N3O5. The van der Waals surface area contributed by atoms with Crippen molar-refractivity contribution in [1.29, 1.82) is 0 Å². The van der Waals surface area contributed by atoms with Crippen molar-refractivity contribution in [2.24, 2.45) is 0 Å². The van der Waals surface area contributed by atoms with Crippen molar-refractivity contribution in [3.63, 3.8) is 0 Å². The van der Waals surface area contributed by atoms with Crippen molar-refractivity contribution in [2.75, 3.05) is 0 Å². The molecule has 8 heteroatoms. The van der Waals surface area contributed by atoms with Gasteiger partial charge in [0.05, 0.1) is 16.1 Å². The van der Waals surface area contributed by atoms with Crippen LogP contribution in [0.3, 0.4) is 0 Å². The van der Waals surface area contributed by atoms with Crippen molar-refractivity contribution in [3.8, 4) is 0 Å². The molecule has 0 atom stereocenters. The molecule has 0 aliphatic heterocycles. The normalized spacial score (nSPS) is 8.67. The number of hydrogen-bond acceptors (Lipinski definition) is 5. The van der Waals surface area contributed by atoms with Gasteiger partial charge in [-0.25, -0.2) is 0 Å². The van der Waals surface area contributed by atoms with Crippen molar-refractivity contribution in [3.05, 3.63) is 49.2 Å². The van der Waals surface area contributed by atoms with E-state index >= 15 is 0 Å². The second kappa shape index (κ2) is 5.50. The molecule has 0 spiro atoms. The zero-order chi connectivity index (χ0) is 12.0. The van der Waals surface area contributed by atoms with Crippen LogP contribution in [0.1, 0.15) is 5.56 Å². The number of rotatable bonds is 1. The van der Waals surface area contributed by atoms with Gasteiger partial charge < -0.3 is 21.1 Å². The number of benzene rings is 1. The van der Waals surface area contributed by atoms with E-state index in [0.29, 0.717) is 5.69 Å². The Balaban J connectivity index is 0.000000423. The lowest BCUT2D eigenvalue weighted by Gasteiger charge is -1.93. The molecule has 0 aliphatic carbocycles. The van der Waals surface area contributed by atoms with Crippen LogP contribution < -0.4 is 5.73 Å². The third-order valence-corrected chi connectivity index (χ3v) is 1.54. The molecule has 1 aromatic carbocycles. The minimum atomic E-state index is -1.75. The first kappa shape index (κ1) is 12.8. The Morgan fingerprint density at radius 1 is 1.20 bits per heavy atom. The number of nitro benzene ring substituents is 1. The first-order valence-electron chi connectivity index (χ1n) is 3.73. The first-order valence-corrected chi connectivity index (χ1v) is 3.73. The van der Waals surface area contributed by atoms with E-state index in [0.717, 1.165) is 5.56 Å². The minimum Gasteiger partial charge on any atom is -0.356 e. The largest absolute Gasteiger partial charge is 0.356 e. The van der Waals surface area contributed by atoms with E-state index in [1.807, 2.05) is 6.92 Å². The van der Waals surface area contributed by atoms with Crippen molar-refractivity contribution in [2.45, 2.75) is 6.92 Å². The molecule has 0 aliphatic rings. The maximum absolute atomic E-state index is 10.2. The Hall–Kier alpha value is -2.22. The van der Waals surface area contributed by atoms with Crippen LogP contribution in [0.5, 0.6) is 0 Å². The Labute approximate surface area is 84.2 Å². The Morgan fingerprint density at radius 2 is 1.67 bits per heavy atom. The topological polar surface area (TPSA) is 137 Å². The van der Waals surface area contributed by atoms with Crippen molar-refractivity contribution < 1.29 is 15.7 Å². The summed E-state index contributed by atoms with van der Waals surface area (Å²) in [5.74, 6) is 0. The standard InChI is InChI=1S/C7H8N2O2.NO3/c1-5-2-3-6(9(10)11)4-7(5)8;2-1(3)4/h2-4H,8H2,1H3;/q;-1/p+1. The monoisotopic (exact) mass is 215 g/mol. The maximum Gasteiger partial charge on any atom is 0.275 e. The Bertz CT molecular complexity index is 375.